The summed E-state index contributed by atoms with van der Waals surface area (Å²) >= 11 is 0. The highest BCUT2D eigenvalue weighted by Crippen LogP contribution is 2.43. The zero-order chi connectivity index (χ0) is 13.5. The smallest absolute Gasteiger partial charge is 0.132 e. The topological polar surface area (TPSA) is 30.5 Å². The summed E-state index contributed by atoms with van der Waals surface area (Å²) in [5.74, 6) is 0.976. The molecule has 1 unspecified atom stereocenters. The normalized spacial score (nSPS) is 20.9. The number of hydrogen-bond acceptors (Lipinski definition) is 3. The molecule has 1 atom stereocenters. The van der Waals surface area contributed by atoms with E-state index in [9.17, 15) is 0 Å². The molecule has 0 spiro atoms. The minimum atomic E-state index is -0.201. The van der Waals surface area contributed by atoms with Crippen molar-refractivity contribution in [3.8, 4) is 5.75 Å². The summed E-state index contributed by atoms with van der Waals surface area (Å²) in [6.07, 6.45) is 0.881. The Morgan fingerprint density at radius 3 is 2.79 bits per heavy atom. The first-order chi connectivity index (χ1) is 9.11. The van der Waals surface area contributed by atoms with Crippen LogP contribution in [0.4, 0.5) is 0 Å². The monoisotopic (exact) mass is 257 g/mol. The van der Waals surface area contributed by atoms with Crippen LogP contribution in [0.15, 0.2) is 36.4 Å². The van der Waals surface area contributed by atoms with Gasteiger partial charge in [0.2, 0.25) is 0 Å². The summed E-state index contributed by atoms with van der Waals surface area (Å²) in [7, 11) is 1.66. The Balaban J connectivity index is 2.19. The Labute approximate surface area is 113 Å². The summed E-state index contributed by atoms with van der Waals surface area (Å²) < 4.78 is 6.21. The molecule has 1 N–H and O–H groups in total. The van der Waals surface area contributed by atoms with Crippen LogP contribution in [0.1, 0.15) is 31.9 Å². The fourth-order valence-electron chi connectivity index (χ4n) is 2.82. The molecule has 1 heterocycles. The first-order valence-electron chi connectivity index (χ1n) is 6.60. The van der Waals surface area contributed by atoms with E-state index < -0.39 is 0 Å². The fraction of sp³-hybridized carbons (Fsp3) is 0.375. The van der Waals surface area contributed by atoms with E-state index in [0.717, 1.165) is 17.6 Å². The number of benzene rings is 2. The molecule has 0 saturated carbocycles. The van der Waals surface area contributed by atoms with Gasteiger partial charge >= 0.3 is 0 Å². The van der Waals surface area contributed by atoms with Crippen molar-refractivity contribution in [3.05, 3.63) is 42.0 Å². The second kappa shape index (κ2) is 4.51. The molecule has 3 rings (SSSR count). The lowest BCUT2D eigenvalue weighted by Gasteiger charge is -2.38. The van der Waals surface area contributed by atoms with Crippen LogP contribution in [-0.2, 0) is 4.84 Å². The third-order valence-electron chi connectivity index (χ3n) is 3.62. The fourth-order valence-corrected chi connectivity index (χ4v) is 2.82. The van der Waals surface area contributed by atoms with Crippen molar-refractivity contribution < 1.29 is 9.57 Å². The standard InChI is InChI=1S/C16H19NO2/c1-16(2)10-14(17-18-3)13-9-8-11-6-4-5-7-12(11)15(13)19-16/h4-9,14,17H,10H2,1-3H3. The lowest BCUT2D eigenvalue weighted by Crippen LogP contribution is -2.39. The third kappa shape index (κ3) is 2.20. The lowest BCUT2D eigenvalue weighted by molar-refractivity contribution is 0.00393. The molecular weight excluding hydrogens is 238 g/mol. The van der Waals surface area contributed by atoms with E-state index >= 15 is 0 Å². The highest BCUT2D eigenvalue weighted by atomic mass is 16.6. The predicted molar refractivity (Wildman–Crippen MR) is 76.2 cm³/mol. The third-order valence-corrected chi connectivity index (χ3v) is 3.62. The molecule has 0 bridgehead atoms. The Hall–Kier alpha value is -1.58. The summed E-state index contributed by atoms with van der Waals surface area (Å²) in [5.41, 5.74) is 4.05. The number of ether oxygens (including phenoxy) is 1. The maximum absolute atomic E-state index is 6.21. The minimum absolute atomic E-state index is 0.161. The Morgan fingerprint density at radius 1 is 1.21 bits per heavy atom. The van der Waals surface area contributed by atoms with Gasteiger partial charge in [-0.05, 0) is 19.2 Å². The minimum Gasteiger partial charge on any atom is -0.487 e. The van der Waals surface area contributed by atoms with Crippen LogP contribution in [0.25, 0.3) is 10.8 Å². The van der Waals surface area contributed by atoms with Gasteiger partial charge in [-0.15, -0.1) is 0 Å². The van der Waals surface area contributed by atoms with Gasteiger partial charge in [0, 0.05) is 17.4 Å². The van der Waals surface area contributed by atoms with Crippen LogP contribution in [0.5, 0.6) is 5.75 Å². The Bertz CT molecular complexity index is 607. The summed E-state index contributed by atoms with van der Waals surface area (Å²) in [4.78, 5) is 5.14. The lowest BCUT2D eigenvalue weighted by atomic mass is 9.88. The van der Waals surface area contributed by atoms with Crippen molar-refractivity contribution >= 4 is 10.8 Å². The van der Waals surface area contributed by atoms with Gasteiger partial charge < -0.3 is 9.57 Å². The van der Waals surface area contributed by atoms with Crippen molar-refractivity contribution in [3.63, 3.8) is 0 Å². The van der Waals surface area contributed by atoms with Crippen LogP contribution in [0, 0.1) is 0 Å². The van der Waals surface area contributed by atoms with Gasteiger partial charge in [-0.2, -0.15) is 5.48 Å². The van der Waals surface area contributed by atoms with E-state index in [1.807, 2.05) is 12.1 Å². The number of rotatable bonds is 2. The van der Waals surface area contributed by atoms with E-state index in [2.05, 4.69) is 43.6 Å². The van der Waals surface area contributed by atoms with Crippen molar-refractivity contribution in [2.45, 2.75) is 31.9 Å². The second-order valence-electron chi connectivity index (χ2n) is 5.65. The van der Waals surface area contributed by atoms with E-state index in [4.69, 9.17) is 9.57 Å². The molecule has 0 fully saturated rings. The summed E-state index contributed by atoms with van der Waals surface area (Å²) in [6, 6.07) is 12.7. The van der Waals surface area contributed by atoms with E-state index in [1.54, 1.807) is 7.11 Å². The van der Waals surface area contributed by atoms with Crippen LogP contribution < -0.4 is 10.2 Å². The molecule has 1 aliphatic heterocycles. The maximum atomic E-state index is 6.21. The van der Waals surface area contributed by atoms with Crippen LogP contribution in [0.3, 0.4) is 0 Å². The van der Waals surface area contributed by atoms with E-state index in [1.165, 1.54) is 10.9 Å². The largest absolute Gasteiger partial charge is 0.487 e. The van der Waals surface area contributed by atoms with Crippen molar-refractivity contribution in [2.24, 2.45) is 0 Å². The number of hydrogen-bond donors (Lipinski definition) is 1. The zero-order valence-electron chi connectivity index (χ0n) is 11.6. The average molecular weight is 257 g/mol. The summed E-state index contributed by atoms with van der Waals surface area (Å²) in [5, 5.41) is 2.37. The Kier molecular flexibility index (Phi) is 2.96. The van der Waals surface area contributed by atoms with Gasteiger partial charge in [0.1, 0.15) is 11.4 Å². The van der Waals surface area contributed by atoms with Crippen LogP contribution in [-0.4, -0.2) is 12.7 Å². The zero-order valence-corrected chi connectivity index (χ0v) is 11.6. The molecule has 100 valence electrons. The molecule has 2 aromatic carbocycles. The van der Waals surface area contributed by atoms with Crippen molar-refractivity contribution in [1.29, 1.82) is 0 Å². The van der Waals surface area contributed by atoms with Crippen molar-refractivity contribution in [2.75, 3.05) is 7.11 Å². The average Bonchev–Trinajstić information content (AvgIpc) is 2.38. The highest BCUT2D eigenvalue weighted by Gasteiger charge is 2.34. The molecule has 0 aliphatic carbocycles. The molecule has 1 aliphatic rings. The SMILES string of the molecule is CONC1CC(C)(C)Oc2c1ccc1ccccc21. The molecule has 3 nitrogen and oxygen atoms in total. The van der Waals surface area contributed by atoms with Gasteiger partial charge in [0.15, 0.2) is 0 Å². The Morgan fingerprint density at radius 2 is 2.00 bits per heavy atom. The molecule has 0 aromatic heterocycles. The van der Waals surface area contributed by atoms with Gasteiger partial charge in [-0.1, -0.05) is 36.4 Å². The summed E-state index contributed by atoms with van der Waals surface area (Å²) in [6.45, 7) is 4.23. The predicted octanol–water partition coefficient (Wildman–Crippen LogP) is 3.59. The van der Waals surface area contributed by atoms with Gasteiger partial charge in [0.25, 0.3) is 0 Å². The molecule has 0 radical (unpaired) electrons. The maximum Gasteiger partial charge on any atom is 0.132 e. The molecule has 0 amide bonds. The highest BCUT2D eigenvalue weighted by molar-refractivity contribution is 5.90. The number of hydroxylamine groups is 1. The van der Waals surface area contributed by atoms with Gasteiger partial charge in [-0.3, -0.25) is 0 Å². The number of fused-ring (bicyclic) bond motifs is 3. The number of nitrogens with one attached hydrogen (secondary N) is 1. The molecular formula is C16H19NO2. The van der Waals surface area contributed by atoms with Crippen molar-refractivity contribution in [1.82, 2.24) is 5.48 Å². The molecule has 19 heavy (non-hydrogen) atoms. The first-order valence-corrected chi connectivity index (χ1v) is 6.60. The molecule has 3 heteroatoms. The van der Waals surface area contributed by atoms with Crippen LogP contribution >= 0.6 is 0 Å². The van der Waals surface area contributed by atoms with E-state index in [0.29, 0.717) is 0 Å². The van der Waals surface area contributed by atoms with Gasteiger partial charge in [0.05, 0.1) is 13.2 Å². The van der Waals surface area contributed by atoms with Crippen LogP contribution in [0.2, 0.25) is 0 Å². The van der Waals surface area contributed by atoms with Gasteiger partial charge in [-0.25, -0.2) is 0 Å². The molecule has 0 saturated heterocycles. The first kappa shape index (κ1) is 12.5. The quantitative estimate of drug-likeness (QED) is 0.834. The van der Waals surface area contributed by atoms with E-state index in [-0.39, 0.29) is 11.6 Å². The second-order valence-corrected chi connectivity index (χ2v) is 5.65. The molecule has 2 aromatic rings.